The van der Waals surface area contributed by atoms with Gasteiger partial charge in [0.05, 0.1) is 18.7 Å². The lowest BCUT2D eigenvalue weighted by Crippen LogP contribution is -2.88. The van der Waals surface area contributed by atoms with Crippen molar-refractivity contribution in [2.24, 2.45) is 22.0 Å². The van der Waals surface area contributed by atoms with Crippen LogP contribution in [0.3, 0.4) is 0 Å². The molecule has 3 atom stereocenters. The molecule has 5 nitrogen and oxygen atoms in total. The molecule has 0 bridgehead atoms. The molecule has 0 aromatic rings. The number of amidine groups is 1. The minimum absolute atomic E-state index is 0.376. The van der Waals surface area contributed by atoms with E-state index in [9.17, 15) is 10.5 Å². The van der Waals surface area contributed by atoms with Gasteiger partial charge in [-0.25, -0.2) is 4.99 Å². The van der Waals surface area contributed by atoms with Gasteiger partial charge in [0.2, 0.25) is 0 Å². The fraction of sp³-hybridized carbons (Fsp3) is 0.727. The van der Waals surface area contributed by atoms with Crippen LogP contribution in [0.4, 0.5) is 0 Å². The van der Waals surface area contributed by atoms with Crippen molar-refractivity contribution in [1.29, 1.82) is 10.5 Å². The van der Waals surface area contributed by atoms with Crippen molar-refractivity contribution >= 4 is 17.6 Å². The summed E-state index contributed by atoms with van der Waals surface area (Å²) in [5.41, 5.74) is 3.67. The average molecular weight is 249 g/mol. The van der Waals surface area contributed by atoms with E-state index in [1.807, 2.05) is 13.8 Å². The van der Waals surface area contributed by atoms with Crippen molar-refractivity contribution in [3.8, 4) is 12.1 Å². The summed E-state index contributed by atoms with van der Waals surface area (Å²) in [6.07, 6.45) is 0. The van der Waals surface area contributed by atoms with Gasteiger partial charge in [0, 0.05) is 11.2 Å². The molecular weight excluding hydrogens is 236 g/mol. The van der Waals surface area contributed by atoms with E-state index in [-0.39, 0.29) is 0 Å². The number of hydrogen-bond donors (Lipinski definition) is 2. The molecule has 1 spiro atoms. The lowest BCUT2D eigenvalue weighted by Gasteiger charge is -2.25. The van der Waals surface area contributed by atoms with E-state index in [0.29, 0.717) is 12.4 Å². The third kappa shape index (κ3) is 0.696. The number of fused-ring (bicyclic) bond motifs is 2. The molecule has 3 rings (SSSR count). The first kappa shape index (κ1) is 10.9. The normalized spacial score (nSPS) is 49.3. The fourth-order valence-corrected chi connectivity index (χ4v) is 5.19. The Bertz CT molecular complexity index is 523. The molecule has 3 N–H and O–H groups in total. The quantitative estimate of drug-likeness (QED) is 0.569. The molecule has 1 saturated carbocycles. The Morgan fingerprint density at radius 3 is 2.53 bits per heavy atom. The standard InChI is InChI=1S/C11H12N4OS/c1-8(2)9(5-12)7(14)15-11(10(8,9)6-13)16-3-4-17-11/h3-4H2,1-2H3,(H2,14,15)/p+1/t9-,10+,11-/m1/s1. The van der Waals surface area contributed by atoms with Crippen LogP contribution in [0.2, 0.25) is 0 Å². The number of nitrogens with one attached hydrogen (secondary N) is 1. The summed E-state index contributed by atoms with van der Waals surface area (Å²) in [5.74, 6) is 1.18. The fourth-order valence-electron chi connectivity index (χ4n) is 3.72. The molecule has 88 valence electrons. The maximum atomic E-state index is 9.64. The predicted molar refractivity (Wildman–Crippen MR) is 61.2 cm³/mol. The Morgan fingerprint density at radius 1 is 1.41 bits per heavy atom. The second kappa shape index (κ2) is 2.60. The van der Waals surface area contributed by atoms with Crippen LogP contribution in [0.1, 0.15) is 13.8 Å². The van der Waals surface area contributed by atoms with Crippen LogP contribution in [0.5, 0.6) is 0 Å². The van der Waals surface area contributed by atoms with Crippen LogP contribution in [-0.2, 0) is 4.74 Å². The van der Waals surface area contributed by atoms with Gasteiger partial charge in [-0.15, -0.1) is 0 Å². The van der Waals surface area contributed by atoms with Gasteiger partial charge in [-0.1, -0.05) is 25.6 Å². The summed E-state index contributed by atoms with van der Waals surface area (Å²) in [5, 5.41) is 18.3. The highest BCUT2D eigenvalue weighted by Gasteiger charge is 3.00. The first-order chi connectivity index (χ1) is 7.96. The molecule has 3 aliphatic rings. The third-order valence-corrected chi connectivity index (χ3v) is 5.90. The van der Waals surface area contributed by atoms with Gasteiger partial charge in [-0.3, -0.25) is 5.73 Å². The van der Waals surface area contributed by atoms with E-state index in [4.69, 9.17) is 10.5 Å². The number of ether oxygens (including phenoxy) is 1. The van der Waals surface area contributed by atoms with Crippen LogP contribution < -0.4 is 10.7 Å². The van der Waals surface area contributed by atoms with Gasteiger partial charge in [-0.2, -0.15) is 10.5 Å². The average Bonchev–Trinajstić information content (AvgIpc) is 2.63. The number of thioether (sulfide) groups is 1. The van der Waals surface area contributed by atoms with Crippen molar-refractivity contribution in [3.63, 3.8) is 0 Å². The molecule has 0 unspecified atom stereocenters. The number of nitrogens with two attached hydrogens (primary N) is 1. The van der Waals surface area contributed by atoms with Gasteiger partial charge < -0.3 is 4.74 Å². The van der Waals surface area contributed by atoms with E-state index in [0.717, 1.165) is 5.75 Å². The number of nitriles is 2. The SMILES string of the molecule is CC1(C)[C@]2(C#N)[C@@]3([NH+]=C(N)[C@]12C#N)OCCS3. The Labute approximate surface area is 104 Å². The van der Waals surface area contributed by atoms with Gasteiger partial charge >= 0.3 is 0 Å². The van der Waals surface area contributed by atoms with Gasteiger partial charge in [0.15, 0.2) is 10.8 Å². The molecule has 0 radical (unpaired) electrons. The summed E-state index contributed by atoms with van der Waals surface area (Å²) in [6.45, 7) is 4.40. The summed E-state index contributed by atoms with van der Waals surface area (Å²) in [7, 11) is 0. The Morgan fingerprint density at radius 2 is 2.12 bits per heavy atom. The van der Waals surface area contributed by atoms with Crippen molar-refractivity contribution < 1.29 is 9.73 Å². The highest BCUT2D eigenvalue weighted by atomic mass is 32.2. The lowest BCUT2D eigenvalue weighted by molar-refractivity contribution is -0.585. The zero-order valence-electron chi connectivity index (χ0n) is 9.70. The lowest BCUT2D eigenvalue weighted by atomic mass is 9.95. The number of rotatable bonds is 0. The smallest absolute Gasteiger partial charge is 0.277 e. The highest BCUT2D eigenvalue weighted by Crippen LogP contribution is 2.83. The molecule has 2 heterocycles. The monoisotopic (exact) mass is 249 g/mol. The molecule has 17 heavy (non-hydrogen) atoms. The summed E-state index contributed by atoms with van der Waals surface area (Å²) in [6, 6.07) is 4.58. The summed E-state index contributed by atoms with van der Waals surface area (Å²) < 4.78 is 5.76. The van der Waals surface area contributed by atoms with Gasteiger partial charge in [0.1, 0.15) is 0 Å². The molecule has 2 fully saturated rings. The van der Waals surface area contributed by atoms with Crippen LogP contribution in [0, 0.1) is 38.9 Å². The van der Waals surface area contributed by atoms with Crippen LogP contribution in [0.15, 0.2) is 0 Å². The second-order valence-electron chi connectivity index (χ2n) is 5.20. The van der Waals surface area contributed by atoms with Gasteiger partial charge in [0.25, 0.3) is 10.9 Å². The van der Waals surface area contributed by atoms with Crippen LogP contribution in [-0.4, -0.2) is 23.3 Å². The Balaban J connectivity index is 2.28. The van der Waals surface area contributed by atoms with Gasteiger partial charge in [-0.05, 0) is 0 Å². The number of hydrogen-bond acceptors (Lipinski definition) is 5. The maximum absolute atomic E-state index is 9.64. The van der Waals surface area contributed by atoms with E-state index >= 15 is 0 Å². The molecule has 2 aliphatic heterocycles. The molecule has 0 aromatic carbocycles. The summed E-state index contributed by atoms with van der Waals surface area (Å²) >= 11 is 1.54. The minimum atomic E-state index is -0.938. The summed E-state index contributed by atoms with van der Waals surface area (Å²) in [4.78, 5) is 3.06. The zero-order chi connectivity index (χ0) is 12.5. The van der Waals surface area contributed by atoms with Crippen molar-refractivity contribution in [3.05, 3.63) is 0 Å². The zero-order valence-corrected chi connectivity index (χ0v) is 10.5. The molecule has 0 amide bonds. The molecule has 0 aromatic heterocycles. The van der Waals surface area contributed by atoms with E-state index in [2.05, 4.69) is 17.1 Å². The molecule has 1 saturated heterocycles. The van der Waals surface area contributed by atoms with Crippen molar-refractivity contribution in [1.82, 2.24) is 0 Å². The minimum Gasteiger partial charge on any atom is -0.327 e. The van der Waals surface area contributed by atoms with Crippen LogP contribution in [0.25, 0.3) is 0 Å². The number of nitrogens with zero attached hydrogens (tertiary/aromatic N) is 2. The van der Waals surface area contributed by atoms with E-state index in [1.165, 1.54) is 11.8 Å². The molecular formula is C11H13N4OS+. The van der Waals surface area contributed by atoms with Crippen molar-refractivity contribution in [2.75, 3.05) is 12.4 Å². The van der Waals surface area contributed by atoms with Crippen molar-refractivity contribution in [2.45, 2.75) is 18.9 Å². The van der Waals surface area contributed by atoms with E-state index in [1.54, 1.807) is 0 Å². The topological polar surface area (TPSA) is 96.8 Å². The largest absolute Gasteiger partial charge is 0.327 e. The first-order valence-corrected chi connectivity index (χ1v) is 6.46. The molecule has 6 heteroatoms. The predicted octanol–water partition coefficient (Wildman–Crippen LogP) is -1.09. The van der Waals surface area contributed by atoms with E-state index < -0.39 is 21.3 Å². The maximum Gasteiger partial charge on any atom is 0.277 e. The molecule has 1 aliphatic carbocycles. The van der Waals surface area contributed by atoms with Crippen LogP contribution >= 0.6 is 11.8 Å². The first-order valence-electron chi connectivity index (χ1n) is 5.47. The highest BCUT2D eigenvalue weighted by molar-refractivity contribution is 8.00. The Hall–Kier alpha value is -1.24. The Kier molecular flexibility index (Phi) is 1.67. The third-order valence-electron chi connectivity index (χ3n) is 4.60. The second-order valence-corrected chi connectivity index (χ2v) is 6.47.